The van der Waals surface area contributed by atoms with Crippen LogP contribution in [0.25, 0.3) is 0 Å². The minimum Gasteiger partial charge on any atom is -0.495 e. The second-order valence-electron chi connectivity index (χ2n) is 3.64. The molecule has 1 unspecified atom stereocenters. The Morgan fingerprint density at radius 3 is 2.73 bits per heavy atom. The van der Waals surface area contributed by atoms with Gasteiger partial charge in [-0.25, -0.2) is 0 Å². The zero-order valence-electron chi connectivity index (χ0n) is 9.29. The molecule has 1 rings (SSSR count). The first-order chi connectivity index (χ1) is 7.19. The van der Waals surface area contributed by atoms with Crippen molar-refractivity contribution in [3.63, 3.8) is 0 Å². The maximum atomic E-state index is 6.04. The number of methoxy groups -OCH3 is 1. The first kappa shape index (κ1) is 12.3. The minimum atomic E-state index is 0.0772. The quantitative estimate of drug-likeness (QED) is 0.835. The maximum absolute atomic E-state index is 6.04. The summed E-state index contributed by atoms with van der Waals surface area (Å²) in [6, 6.07) is 5.81. The number of rotatable bonds is 5. The lowest BCUT2D eigenvalue weighted by atomic mass is 10.0. The molecule has 0 heterocycles. The van der Waals surface area contributed by atoms with Gasteiger partial charge in [-0.3, -0.25) is 0 Å². The summed E-state index contributed by atoms with van der Waals surface area (Å²) < 4.78 is 5.09. The Kier molecular flexibility index (Phi) is 4.92. The second kappa shape index (κ2) is 5.99. The Balaban J connectivity index is 2.73. The zero-order valence-corrected chi connectivity index (χ0v) is 10.1. The van der Waals surface area contributed by atoms with Crippen molar-refractivity contribution in [3.8, 4) is 5.75 Å². The molecule has 1 aromatic carbocycles. The standard InChI is InChI=1S/C12H18ClNO/c1-3-4-5-11(14)9-6-7-12(15-2)10(13)8-9/h6-8,11H,3-5,14H2,1-2H3. The van der Waals surface area contributed by atoms with E-state index in [2.05, 4.69) is 6.92 Å². The minimum absolute atomic E-state index is 0.0772. The summed E-state index contributed by atoms with van der Waals surface area (Å²) in [4.78, 5) is 0. The summed E-state index contributed by atoms with van der Waals surface area (Å²) in [5.41, 5.74) is 7.12. The molecule has 0 aliphatic carbocycles. The molecule has 0 amide bonds. The first-order valence-electron chi connectivity index (χ1n) is 5.28. The number of hydrogen-bond acceptors (Lipinski definition) is 2. The van der Waals surface area contributed by atoms with Crippen LogP contribution in [0.15, 0.2) is 18.2 Å². The largest absolute Gasteiger partial charge is 0.495 e. The predicted octanol–water partition coefficient (Wildman–Crippen LogP) is 3.54. The molecule has 2 N–H and O–H groups in total. The Bertz CT molecular complexity index is 314. The molecule has 0 spiro atoms. The van der Waals surface area contributed by atoms with E-state index < -0.39 is 0 Å². The summed E-state index contributed by atoms with van der Waals surface area (Å²) >= 11 is 6.03. The molecule has 0 saturated heterocycles. The van der Waals surface area contributed by atoms with Gasteiger partial charge in [0.2, 0.25) is 0 Å². The molecule has 84 valence electrons. The van der Waals surface area contributed by atoms with Crippen LogP contribution in [0.5, 0.6) is 5.75 Å². The van der Waals surface area contributed by atoms with Crippen molar-refractivity contribution in [3.05, 3.63) is 28.8 Å². The molecule has 0 aliphatic rings. The molecule has 2 nitrogen and oxygen atoms in total. The van der Waals surface area contributed by atoms with Crippen molar-refractivity contribution >= 4 is 11.6 Å². The fourth-order valence-corrected chi connectivity index (χ4v) is 1.77. The van der Waals surface area contributed by atoms with E-state index in [9.17, 15) is 0 Å². The van der Waals surface area contributed by atoms with Crippen molar-refractivity contribution < 1.29 is 4.74 Å². The number of hydrogen-bond donors (Lipinski definition) is 1. The van der Waals surface area contributed by atoms with Crippen molar-refractivity contribution in [1.29, 1.82) is 0 Å². The summed E-state index contributed by atoms with van der Waals surface area (Å²) in [5.74, 6) is 0.697. The Morgan fingerprint density at radius 1 is 1.47 bits per heavy atom. The molecule has 0 radical (unpaired) electrons. The molecule has 0 bridgehead atoms. The highest BCUT2D eigenvalue weighted by atomic mass is 35.5. The van der Waals surface area contributed by atoms with E-state index in [-0.39, 0.29) is 6.04 Å². The first-order valence-corrected chi connectivity index (χ1v) is 5.65. The molecule has 0 aromatic heterocycles. The van der Waals surface area contributed by atoms with E-state index >= 15 is 0 Å². The highest BCUT2D eigenvalue weighted by molar-refractivity contribution is 6.32. The Morgan fingerprint density at radius 2 is 2.20 bits per heavy atom. The molecular weight excluding hydrogens is 210 g/mol. The number of benzene rings is 1. The average molecular weight is 228 g/mol. The third kappa shape index (κ3) is 3.40. The van der Waals surface area contributed by atoms with Gasteiger partial charge >= 0.3 is 0 Å². The summed E-state index contributed by atoms with van der Waals surface area (Å²) in [6.45, 7) is 2.16. The van der Waals surface area contributed by atoms with Crippen LogP contribution in [0.1, 0.15) is 37.8 Å². The summed E-state index contributed by atoms with van der Waals surface area (Å²) in [6.07, 6.45) is 3.31. The lowest BCUT2D eigenvalue weighted by Crippen LogP contribution is -2.09. The lowest BCUT2D eigenvalue weighted by molar-refractivity contribution is 0.414. The van der Waals surface area contributed by atoms with Gasteiger partial charge in [0.1, 0.15) is 5.75 Å². The fraction of sp³-hybridized carbons (Fsp3) is 0.500. The monoisotopic (exact) mass is 227 g/mol. The van der Waals surface area contributed by atoms with Crippen LogP contribution in [-0.4, -0.2) is 7.11 Å². The average Bonchev–Trinajstić information content (AvgIpc) is 2.25. The SMILES string of the molecule is CCCCC(N)c1ccc(OC)c(Cl)c1. The summed E-state index contributed by atoms with van der Waals surface area (Å²) in [5, 5.41) is 0.627. The third-order valence-electron chi connectivity index (χ3n) is 2.47. The van der Waals surface area contributed by atoms with Gasteiger partial charge in [-0.15, -0.1) is 0 Å². The van der Waals surface area contributed by atoms with Crippen molar-refractivity contribution in [2.75, 3.05) is 7.11 Å². The highest BCUT2D eigenvalue weighted by Crippen LogP contribution is 2.28. The zero-order chi connectivity index (χ0) is 11.3. The van der Waals surface area contributed by atoms with E-state index in [1.807, 2.05) is 18.2 Å². The number of ether oxygens (including phenoxy) is 1. The van der Waals surface area contributed by atoms with Crippen molar-refractivity contribution in [1.82, 2.24) is 0 Å². The van der Waals surface area contributed by atoms with E-state index in [0.29, 0.717) is 10.8 Å². The van der Waals surface area contributed by atoms with Gasteiger partial charge in [-0.05, 0) is 24.1 Å². The van der Waals surface area contributed by atoms with Gasteiger partial charge in [-0.2, -0.15) is 0 Å². The van der Waals surface area contributed by atoms with Gasteiger partial charge in [0.25, 0.3) is 0 Å². The normalized spacial score (nSPS) is 12.5. The summed E-state index contributed by atoms with van der Waals surface area (Å²) in [7, 11) is 1.61. The smallest absolute Gasteiger partial charge is 0.137 e. The van der Waals surface area contributed by atoms with Crippen LogP contribution >= 0.6 is 11.6 Å². The Hall–Kier alpha value is -0.730. The van der Waals surface area contributed by atoms with Crippen LogP contribution in [0, 0.1) is 0 Å². The predicted molar refractivity (Wildman–Crippen MR) is 64.5 cm³/mol. The molecule has 1 atom stereocenters. The van der Waals surface area contributed by atoms with Crippen LogP contribution in [0.3, 0.4) is 0 Å². The van der Waals surface area contributed by atoms with Gasteiger partial charge in [0.05, 0.1) is 12.1 Å². The van der Waals surface area contributed by atoms with E-state index in [4.69, 9.17) is 22.1 Å². The molecule has 0 aliphatic heterocycles. The van der Waals surface area contributed by atoms with Crippen LogP contribution in [0.2, 0.25) is 5.02 Å². The highest BCUT2D eigenvalue weighted by Gasteiger charge is 2.08. The van der Waals surface area contributed by atoms with E-state index in [1.54, 1.807) is 7.11 Å². The molecule has 0 fully saturated rings. The van der Waals surface area contributed by atoms with Crippen LogP contribution in [-0.2, 0) is 0 Å². The molecule has 3 heteroatoms. The van der Waals surface area contributed by atoms with Gasteiger partial charge < -0.3 is 10.5 Å². The Labute approximate surface area is 96.4 Å². The molecule has 0 saturated carbocycles. The topological polar surface area (TPSA) is 35.2 Å². The molecular formula is C12H18ClNO. The molecule has 15 heavy (non-hydrogen) atoms. The van der Waals surface area contributed by atoms with E-state index in [0.717, 1.165) is 24.8 Å². The number of halogens is 1. The molecule has 1 aromatic rings. The maximum Gasteiger partial charge on any atom is 0.137 e. The fourth-order valence-electron chi connectivity index (χ4n) is 1.50. The third-order valence-corrected chi connectivity index (χ3v) is 2.77. The van der Waals surface area contributed by atoms with Gasteiger partial charge in [-0.1, -0.05) is 37.4 Å². The van der Waals surface area contributed by atoms with E-state index in [1.165, 1.54) is 0 Å². The second-order valence-corrected chi connectivity index (χ2v) is 4.05. The lowest BCUT2D eigenvalue weighted by Gasteiger charge is -2.12. The van der Waals surface area contributed by atoms with Crippen molar-refractivity contribution in [2.24, 2.45) is 5.73 Å². The van der Waals surface area contributed by atoms with Gasteiger partial charge in [0, 0.05) is 6.04 Å². The number of nitrogens with two attached hydrogens (primary N) is 1. The van der Waals surface area contributed by atoms with Crippen molar-refractivity contribution in [2.45, 2.75) is 32.2 Å². The van der Waals surface area contributed by atoms with Gasteiger partial charge in [0.15, 0.2) is 0 Å². The van der Waals surface area contributed by atoms with Crippen LogP contribution in [0.4, 0.5) is 0 Å². The number of unbranched alkanes of at least 4 members (excludes halogenated alkanes) is 1. The van der Waals surface area contributed by atoms with Crippen LogP contribution < -0.4 is 10.5 Å².